The molecule has 0 aliphatic carbocycles. The third kappa shape index (κ3) is 4.05. The van der Waals surface area contributed by atoms with E-state index in [2.05, 4.69) is 44.6 Å². The van der Waals surface area contributed by atoms with Crippen LogP contribution in [0.5, 0.6) is 0 Å². The molecule has 4 rings (SSSR count). The Morgan fingerprint density at radius 2 is 2.14 bits per heavy atom. The standard InChI is InChI=1S/C21H25N5O2/c1-15-10-20-23-12-18(11-22-16(2)27)21(26(20)24-15)19-14-25(8-9-28-19)13-17-6-4-3-5-7-17/h3-7,10,12,19H,8-9,11,13-14H2,1-2H3,(H,22,27)/t19-/m1/s1. The molecule has 3 aromatic rings. The molecular weight excluding hydrogens is 354 g/mol. The molecule has 0 unspecified atom stereocenters. The van der Waals surface area contributed by atoms with Gasteiger partial charge in [0.25, 0.3) is 0 Å². The number of nitrogens with one attached hydrogen (secondary N) is 1. The van der Waals surface area contributed by atoms with Crippen molar-refractivity contribution in [2.24, 2.45) is 0 Å². The number of rotatable bonds is 5. The molecule has 1 saturated heterocycles. The Hall–Kier alpha value is -2.77. The van der Waals surface area contributed by atoms with Gasteiger partial charge in [-0.15, -0.1) is 0 Å². The highest BCUT2D eigenvalue weighted by molar-refractivity contribution is 5.72. The largest absolute Gasteiger partial charge is 0.369 e. The summed E-state index contributed by atoms with van der Waals surface area (Å²) in [5.41, 5.74) is 4.88. The number of aryl methyl sites for hydroxylation is 1. The van der Waals surface area contributed by atoms with Crippen LogP contribution in [0, 0.1) is 6.92 Å². The topological polar surface area (TPSA) is 71.8 Å². The summed E-state index contributed by atoms with van der Waals surface area (Å²) in [5.74, 6) is -0.0713. The van der Waals surface area contributed by atoms with E-state index in [1.54, 1.807) is 0 Å². The molecule has 0 bridgehead atoms. The summed E-state index contributed by atoms with van der Waals surface area (Å²) in [6, 6.07) is 12.4. The van der Waals surface area contributed by atoms with Crippen LogP contribution in [0.3, 0.4) is 0 Å². The van der Waals surface area contributed by atoms with Crippen LogP contribution in [-0.4, -0.2) is 45.1 Å². The molecule has 1 atom stereocenters. The van der Waals surface area contributed by atoms with Crippen molar-refractivity contribution in [1.29, 1.82) is 0 Å². The second kappa shape index (κ2) is 8.08. The Balaban J connectivity index is 1.64. The molecule has 1 aliphatic rings. The minimum atomic E-state index is -0.133. The molecular formula is C21H25N5O2. The first-order valence-electron chi connectivity index (χ1n) is 9.56. The van der Waals surface area contributed by atoms with Gasteiger partial charge in [-0.3, -0.25) is 9.69 Å². The lowest BCUT2D eigenvalue weighted by atomic mass is 10.1. The minimum absolute atomic E-state index is 0.0713. The third-order valence-electron chi connectivity index (χ3n) is 4.95. The molecule has 0 radical (unpaired) electrons. The van der Waals surface area contributed by atoms with Crippen LogP contribution in [-0.2, 0) is 22.6 Å². The number of carbonyl (C=O) groups is 1. The van der Waals surface area contributed by atoms with E-state index in [1.165, 1.54) is 12.5 Å². The van der Waals surface area contributed by atoms with Crippen LogP contribution in [0.4, 0.5) is 0 Å². The van der Waals surface area contributed by atoms with Gasteiger partial charge in [0, 0.05) is 50.9 Å². The Labute approximate surface area is 164 Å². The summed E-state index contributed by atoms with van der Waals surface area (Å²) < 4.78 is 8.02. The molecule has 1 N–H and O–H groups in total. The highest BCUT2D eigenvalue weighted by Gasteiger charge is 2.27. The maximum Gasteiger partial charge on any atom is 0.217 e. The SMILES string of the molecule is CC(=O)NCc1cnc2cc(C)nn2c1[C@H]1CN(Cc2ccccc2)CCO1. The van der Waals surface area contributed by atoms with Crippen molar-refractivity contribution in [3.05, 3.63) is 65.1 Å². The van der Waals surface area contributed by atoms with E-state index < -0.39 is 0 Å². The monoisotopic (exact) mass is 379 g/mol. The molecule has 3 heterocycles. The number of hydrogen-bond acceptors (Lipinski definition) is 5. The quantitative estimate of drug-likeness (QED) is 0.736. The molecule has 1 amide bonds. The first kappa shape index (κ1) is 18.6. The summed E-state index contributed by atoms with van der Waals surface area (Å²) >= 11 is 0. The van der Waals surface area contributed by atoms with Gasteiger partial charge in [-0.1, -0.05) is 30.3 Å². The molecule has 7 heteroatoms. The lowest BCUT2D eigenvalue weighted by Gasteiger charge is -2.34. The van der Waals surface area contributed by atoms with E-state index in [0.29, 0.717) is 13.2 Å². The molecule has 28 heavy (non-hydrogen) atoms. The molecule has 0 saturated carbocycles. The van der Waals surface area contributed by atoms with Crippen molar-refractivity contribution in [1.82, 2.24) is 24.8 Å². The Kier molecular flexibility index (Phi) is 5.36. The average Bonchev–Trinajstić information content (AvgIpc) is 3.07. The summed E-state index contributed by atoms with van der Waals surface area (Å²) in [4.78, 5) is 18.3. The number of fused-ring (bicyclic) bond motifs is 1. The van der Waals surface area contributed by atoms with Gasteiger partial charge in [-0.25, -0.2) is 9.50 Å². The second-order valence-corrected chi connectivity index (χ2v) is 7.21. The van der Waals surface area contributed by atoms with Crippen LogP contribution in [0.1, 0.15) is 35.5 Å². The van der Waals surface area contributed by atoms with Crippen molar-refractivity contribution in [3.8, 4) is 0 Å². The van der Waals surface area contributed by atoms with Crippen molar-refractivity contribution in [2.75, 3.05) is 19.7 Å². The summed E-state index contributed by atoms with van der Waals surface area (Å²) in [6.07, 6.45) is 1.69. The molecule has 146 valence electrons. The van der Waals surface area contributed by atoms with Gasteiger partial charge in [0.05, 0.1) is 18.0 Å². The van der Waals surface area contributed by atoms with E-state index >= 15 is 0 Å². The highest BCUT2D eigenvalue weighted by atomic mass is 16.5. The Bertz CT molecular complexity index is 970. The van der Waals surface area contributed by atoms with E-state index in [1.807, 2.05) is 29.8 Å². The molecule has 1 fully saturated rings. The van der Waals surface area contributed by atoms with E-state index in [0.717, 1.165) is 42.2 Å². The van der Waals surface area contributed by atoms with Crippen LogP contribution in [0.25, 0.3) is 5.65 Å². The fourth-order valence-electron chi connectivity index (χ4n) is 3.65. The van der Waals surface area contributed by atoms with Crippen molar-refractivity contribution in [3.63, 3.8) is 0 Å². The zero-order valence-corrected chi connectivity index (χ0v) is 16.3. The van der Waals surface area contributed by atoms with E-state index in [9.17, 15) is 4.79 Å². The lowest BCUT2D eigenvalue weighted by molar-refractivity contribution is -0.119. The zero-order chi connectivity index (χ0) is 19.5. The molecule has 7 nitrogen and oxygen atoms in total. The average molecular weight is 379 g/mol. The Morgan fingerprint density at radius 1 is 1.32 bits per heavy atom. The predicted molar refractivity (Wildman–Crippen MR) is 106 cm³/mol. The number of ether oxygens (including phenoxy) is 1. The van der Waals surface area contributed by atoms with Gasteiger partial charge in [0.2, 0.25) is 5.91 Å². The number of carbonyl (C=O) groups excluding carboxylic acids is 1. The number of amides is 1. The van der Waals surface area contributed by atoms with Gasteiger partial charge in [0.1, 0.15) is 6.10 Å². The number of hydrogen-bond donors (Lipinski definition) is 1. The highest BCUT2D eigenvalue weighted by Crippen LogP contribution is 2.27. The number of morpholine rings is 1. The number of nitrogens with zero attached hydrogens (tertiary/aromatic N) is 4. The minimum Gasteiger partial charge on any atom is -0.369 e. The maximum atomic E-state index is 11.4. The van der Waals surface area contributed by atoms with Gasteiger partial charge < -0.3 is 10.1 Å². The van der Waals surface area contributed by atoms with Crippen molar-refractivity contribution >= 4 is 11.6 Å². The lowest BCUT2D eigenvalue weighted by Crippen LogP contribution is -2.39. The van der Waals surface area contributed by atoms with Crippen LogP contribution in [0.2, 0.25) is 0 Å². The number of aromatic nitrogens is 3. The smallest absolute Gasteiger partial charge is 0.217 e. The van der Waals surface area contributed by atoms with Crippen LogP contribution in [0.15, 0.2) is 42.6 Å². The predicted octanol–water partition coefficient (Wildman–Crippen LogP) is 2.25. The third-order valence-corrected chi connectivity index (χ3v) is 4.95. The number of benzene rings is 1. The van der Waals surface area contributed by atoms with Crippen molar-refractivity contribution < 1.29 is 9.53 Å². The fraction of sp³-hybridized carbons (Fsp3) is 0.381. The van der Waals surface area contributed by atoms with Gasteiger partial charge in [-0.05, 0) is 12.5 Å². The zero-order valence-electron chi connectivity index (χ0n) is 16.3. The summed E-state index contributed by atoms with van der Waals surface area (Å²) in [7, 11) is 0. The summed E-state index contributed by atoms with van der Waals surface area (Å²) in [6.45, 7) is 7.07. The van der Waals surface area contributed by atoms with Gasteiger partial charge in [0.15, 0.2) is 5.65 Å². The van der Waals surface area contributed by atoms with Gasteiger partial charge >= 0.3 is 0 Å². The first-order chi connectivity index (χ1) is 13.6. The van der Waals surface area contributed by atoms with Crippen molar-refractivity contribution in [2.45, 2.75) is 33.0 Å². The van der Waals surface area contributed by atoms with Crippen LogP contribution < -0.4 is 5.32 Å². The molecule has 1 aliphatic heterocycles. The van der Waals surface area contributed by atoms with E-state index in [4.69, 9.17) is 4.74 Å². The Morgan fingerprint density at radius 3 is 2.93 bits per heavy atom. The molecule has 0 spiro atoms. The summed E-state index contributed by atoms with van der Waals surface area (Å²) in [5, 5.41) is 7.50. The normalized spacial score (nSPS) is 17.7. The molecule has 1 aromatic carbocycles. The fourth-order valence-corrected chi connectivity index (χ4v) is 3.65. The second-order valence-electron chi connectivity index (χ2n) is 7.21. The van der Waals surface area contributed by atoms with Gasteiger partial charge in [-0.2, -0.15) is 5.10 Å². The first-order valence-corrected chi connectivity index (χ1v) is 9.56. The molecule has 2 aromatic heterocycles. The maximum absolute atomic E-state index is 11.4. The van der Waals surface area contributed by atoms with E-state index in [-0.39, 0.29) is 12.0 Å². The van der Waals surface area contributed by atoms with Crippen LogP contribution >= 0.6 is 0 Å².